The minimum absolute atomic E-state index is 0.0126. The van der Waals surface area contributed by atoms with Gasteiger partial charge >= 0.3 is 0 Å². The quantitative estimate of drug-likeness (QED) is 0.516. The van der Waals surface area contributed by atoms with Crippen molar-refractivity contribution in [1.29, 1.82) is 0 Å². The number of morpholine rings is 1. The zero-order valence-electron chi connectivity index (χ0n) is 20.0. The largest absolute Gasteiger partial charge is 0.372 e. The molecule has 1 aromatic heterocycles. The summed E-state index contributed by atoms with van der Waals surface area (Å²) in [6, 6.07) is 16.7. The fraction of sp³-hybridized carbons (Fsp3) is 0.385. The molecule has 0 spiro atoms. The minimum atomic E-state index is -3.92. The number of amides is 2. The number of sulfone groups is 1. The molecular formula is C26H31N3O5S. The first kappa shape index (κ1) is 24.9. The smallest absolute Gasteiger partial charge is 0.242 e. The van der Waals surface area contributed by atoms with Crippen molar-refractivity contribution in [3.8, 4) is 0 Å². The van der Waals surface area contributed by atoms with Crippen LogP contribution in [0.4, 0.5) is 0 Å². The van der Waals surface area contributed by atoms with Gasteiger partial charge in [-0.25, -0.2) is 8.42 Å². The highest BCUT2D eigenvalue weighted by Crippen LogP contribution is 2.27. The Balaban J connectivity index is 1.47. The van der Waals surface area contributed by atoms with Crippen LogP contribution in [0, 0.1) is 0 Å². The molecule has 1 fully saturated rings. The summed E-state index contributed by atoms with van der Waals surface area (Å²) in [5.41, 5.74) is 1.70. The second kappa shape index (κ2) is 10.6. The van der Waals surface area contributed by atoms with Gasteiger partial charge in [-0.15, -0.1) is 0 Å². The Morgan fingerprint density at radius 3 is 2.37 bits per heavy atom. The molecule has 0 saturated carbocycles. The van der Waals surface area contributed by atoms with Crippen molar-refractivity contribution in [2.24, 2.45) is 0 Å². The maximum absolute atomic E-state index is 13.2. The first-order valence-corrected chi connectivity index (χ1v) is 13.4. The van der Waals surface area contributed by atoms with Gasteiger partial charge in [-0.1, -0.05) is 48.5 Å². The molecule has 8 nitrogen and oxygen atoms in total. The topological polar surface area (TPSA) is 97.7 Å². The molecule has 0 bridgehead atoms. The number of carbonyl (C=O) groups excluding carboxylic acids is 2. The van der Waals surface area contributed by atoms with Crippen LogP contribution in [0.5, 0.6) is 0 Å². The van der Waals surface area contributed by atoms with Gasteiger partial charge in [0, 0.05) is 36.7 Å². The third-order valence-electron chi connectivity index (χ3n) is 6.06. The molecule has 1 aliphatic heterocycles. The Labute approximate surface area is 205 Å². The Bertz CT molecular complexity index is 1290. The van der Waals surface area contributed by atoms with E-state index in [4.69, 9.17) is 4.74 Å². The number of aromatic nitrogens is 1. The lowest BCUT2D eigenvalue weighted by Gasteiger charge is -2.35. The van der Waals surface area contributed by atoms with Gasteiger partial charge < -0.3 is 19.5 Å². The van der Waals surface area contributed by atoms with Crippen LogP contribution < -0.4 is 5.32 Å². The van der Waals surface area contributed by atoms with E-state index in [9.17, 15) is 18.0 Å². The molecular weight excluding hydrogens is 466 g/mol. The van der Waals surface area contributed by atoms with E-state index >= 15 is 0 Å². The van der Waals surface area contributed by atoms with Crippen LogP contribution >= 0.6 is 0 Å². The predicted octanol–water partition coefficient (Wildman–Crippen LogP) is 2.41. The predicted molar refractivity (Wildman–Crippen MR) is 134 cm³/mol. The molecule has 0 radical (unpaired) electrons. The zero-order chi connectivity index (χ0) is 25.0. The lowest BCUT2D eigenvalue weighted by molar-refractivity contribution is -0.143. The molecule has 2 aromatic carbocycles. The summed E-state index contributed by atoms with van der Waals surface area (Å²) in [4.78, 5) is 27.3. The van der Waals surface area contributed by atoms with Crippen molar-refractivity contribution < 1.29 is 22.7 Å². The fourth-order valence-electron chi connectivity index (χ4n) is 4.51. The first-order chi connectivity index (χ1) is 16.7. The van der Waals surface area contributed by atoms with E-state index in [1.807, 2.05) is 44.2 Å². The van der Waals surface area contributed by atoms with Crippen molar-refractivity contribution in [2.75, 3.05) is 25.4 Å². The number of hydrogen-bond donors (Lipinski definition) is 1. The molecule has 2 atom stereocenters. The van der Waals surface area contributed by atoms with Gasteiger partial charge in [-0.2, -0.15) is 0 Å². The van der Waals surface area contributed by atoms with E-state index in [2.05, 4.69) is 5.32 Å². The van der Waals surface area contributed by atoms with Crippen molar-refractivity contribution in [3.63, 3.8) is 0 Å². The second-order valence-corrected chi connectivity index (χ2v) is 11.0. The Hall–Kier alpha value is -3.17. The summed E-state index contributed by atoms with van der Waals surface area (Å²) >= 11 is 0. The normalized spacial score (nSPS) is 18.5. The van der Waals surface area contributed by atoms with Crippen LogP contribution in [0.3, 0.4) is 0 Å². The van der Waals surface area contributed by atoms with Crippen molar-refractivity contribution in [3.05, 3.63) is 66.4 Å². The van der Waals surface area contributed by atoms with E-state index in [0.29, 0.717) is 37.0 Å². The number of benzene rings is 2. The van der Waals surface area contributed by atoms with E-state index in [1.165, 1.54) is 6.20 Å². The molecule has 1 aliphatic rings. The number of rotatable bonds is 8. The average Bonchev–Trinajstić information content (AvgIpc) is 3.18. The molecule has 186 valence electrons. The molecule has 0 aliphatic carbocycles. The van der Waals surface area contributed by atoms with Gasteiger partial charge in [0.15, 0.2) is 9.84 Å². The summed E-state index contributed by atoms with van der Waals surface area (Å²) in [6.07, 6.45) is 1.98. The number of para-hydroxylation sites is 1. The molecule has 4 rings (SSSR count). The first-order valence-electron chi connectivity index (χ1n) is 11.8. The highest BCUT2D eigenvalue weighted by molar-refractivity contribution is 7.92. The molecule has 1 saturated heterocycles. The number of hydrogen-bond acceptors (Lipinski definition) is 5. The van der Waals surface area contributed by atoms with Crippen molar-refractivity contribution in [1.82, 2.24) is 14.8 Å². The second-order valence-electron chi connectivity index (χ2n) is 9.04. The summed E-state index contributed by atoms with van der Waals surface area (Å²) in [5.74, 6) is -1.30. The number of nitrogens with one attached hydrogen (secondary N) is 1. The lowest BCUT2D eigenvalue weighted by Crippen LogP contribution is -2.49. The van der Waals surface area contributed by atoms with Gasteiger partial charge in [-0.05, 0) is 31.9 Å². The maximum atomic E-state index is 13.2. The summed E-state index contributed by atoms with van der Waals surface area (Å²) in [5, 5.41) is 3.20. The Kier molecular flexibility index (Phi) is 7.57. The SMILES string of the molecule is CC1CN(C(=O)Cn2cc(S(=O)(=O)CC(=O)NCCc3ccccc3)c3ccccc32)CC(C)O1. The molecule has 9 heteroatoms. The number of nitrogens with zero attached hydrogens (tertiary/aromatic N) is 2. The molecule has 2 amide bonds. The van der Waals surface area contributed by atoms with Crippen molar-refractivity contribution in [2.45, 2.75) is 43.9 Å². The number of fused-ring (bicyclic) bond motifs is 1. The van der Waals surface area contributed by atoms with E-state index < -0.39 is 21.5 Å². The minimum Gasteiger partial charge on any atom is -0.372 e. The van der Waals surface area contributed by atoms with E-state index in [-0.39, 0.29) is 29.6 Å². The monoisotopic (exact) mass is 497 g/mol. The van der Waals surface area contributed by atoms with Crippen LogP contribution in [0.1, 0.15) is 19.4 Å². The molecule has 2 unspecified atom stereocenters. The third kappa shape index (κ3) is 6.10. The third-order valence-corrected chi connectivity index (χ3v) is 7.70. The van der Waals surface area contributed by atoms with Crippen LogP contribution in [-0.4, -0.2) is 67.3 Å². The highest BCUT2D eigenvalue weighted by Gasteiger charge is 2.28. The lowest BCUT2D eigenvalue weighted by atomic mass is 10.1. The Morgan fingerprint density at radius 1 is 1.00 bits per heavy atom. The van der Waals surface area contributed by atoms with Gasteiger partial charge in [0.05, 0.1) is 17.1 Å². The van der Waals surface area contributed by atoms with Gasteiger partial charge in [0.1, 0.15) is 12.3 Å². The Morgan fingerprint density at radius 2 is 1.66 bits per heavy atom. The highest BCUT2D eigenvalue weighted by atomic mass is 32.2. The van der Waals surface area contributed by atoms with E-state index in [1.54, 1.807) is 33.7 Å². The fourth-order valence-corrected chi connectivity index (χ4v) is 5.91. The van der Waals surface area contributed by atoms with Crippen LogP contribution in [-0.2, 0) is 37.1 Å². The van der Waals surface area contributed by atoms with Gasteiger partial charge in [0.2, 0.25) is 11.8 Å². The summed E-state index contributed by atoms with van der Waals surface area (Å²) in [6.45, 7) is 5.21. The van der Waals surface area contributed by atoms with Crippen LogP contribution in [0.25, 0.3) is 10.9 Å². The zero-order valence-corrected chi connectivity index (χ0v) is 20.8. The summed E-state index contributed by atoms with van der Waals surface area (Å²) < 4.78 is 33.7. The van der Waals surface area contributed by atoms with Gasteiger partial charge in [0.25, 0.3) is 0 Å². The summed E-state index contributed by atoms with van der Waals surface area (Å²) in [7, 11) is -3.92. The van der Waals surface area contributed by atoms with Gasteiger partial charge in [-0.3, -0.25) is 9.59 Å². The number of ether oxygens (including phenoxy) is 1. The molecule has 2 heterocycles. The molecule has 3 aromatic rings. The van der Waals surface area contributed by atoms with Crippen molar-refractivity contribution >= 4 is 32.6 Å². The standard InChI is InChI=1S/C26H31N3O5S/c1-19-14-29(15-20(2)34-19)26(31)17-28-16-24(22-10-6-7-11-23(22)28)35(32,33)18-25(30)27-13-12-21-8-4-3-5-9-21/h3-11,16,19-20H,12-15,17-18H2,1-2H3,(H,27,30). The average molecular weight is 498 g/mol. The maximum Gasteiger partial charge on any atom is 0.242 e. The molecule has 1 N–H and O–H groups in total. The van der Waals surface area contributed by atoms with Crippen LogP contribution in [0.15, 0.2) is 65.7 Å². The number of carbonyl (C=O) groups is 2. The molecule has 35 heavy (non-hydrogen) atoms. The van der Waals surface area contributed by atoms with Crippen LogP contribution in [0.2, 0.25) is 0 Å². The van der Waals surface area contributed by atoms with E-state index in [0.717, 1.165) is 5.56 Å².